The summed E-state index contributed by atoms with van der Waals surface area (Å²) in [5, 5.41) is 2.97. The van der Waals surface area contributed by atoms with Gasteiger partial charge >= 0.3 is 6.18 Å². The zero-order chi connectivity index (χ0) is 24.3. The van der Waals surface area contributed by atoms with Gasteiger partial charge in [-0.15, -0.1) is 0 Å². The van der Waals surface area contributed by atoms with Crippen LogP contribution in [0.15, 0.2) is 42.6 Å². The van der Waals surface area contributed by atoms with E-state index in [1.54, 1.807) is 24.3 Å². The molecule has 1 aromatic carbocycles. The highest BCUT2D eigenvalue weighted by Gasteiger charge is 2.35. The van der Waals surface area contributed by atoms with Crippen molar-refractivity contribution in [2.24, 2.45) is 0 Å². The third-order valence-corrected chi connectivity index (χ3v) is 6.05. The van der Waals surface area contributed by atoms with Gasteiger partial charge in [-0.25, -0.2) is 4.98 Å². The normalized spacial score (nSPS) is 20.3. The average molecular weight is 475 g/mol. The molecule has 34 heavy (non-hydrogen) atoms. The summed E-state index contributed by atoms with van der Waals surface area (Å²) in [7, 11) is 0. The van der Waals surface area contributed by atoms with Gasteiger partial charge in [-0.3, -0.25) is 19.3 Å². The predicted octanol–water partition coefficient (Wildman–Crippen LogP) is 3.98. The molecule has 0 bridgehead atoms. The molecule has 1 aromatic heterocycles. The largest absolute Gasteiger partial charge is 0.474 e. The Bertz CT molecular complexity index is 1030. The lowest BCUT2D eigenvalue weighted by Gasteiger charge is -2.29. The Balaban J connectivity index is 1.16. The summed E-state index contributed by atoms with van der Waals surface area (Å²) in [5.41, 5.74) is -0.0425. The van der Waals surface area contributed by atoms with E-state index >= 15 is 0 Å². The number of rotatable bonds is 7. The number of nitrogens with one attached hydrogen (secondary N) is 1. The summed E-state index contributed by atoms with van der Waals surface area (Å²) >= 11 is 0. The SMILES string of the molecule is O=C(CCCN1C(=O)c2ccccc2C1=O)NC1CCC(Oc2ccc(C(F)(F)F)cn2)CC1. The topological polar surface area (TPSA) is 88.6 Å². The van der Waals surface area contributed by atoms with E-state index in [9.17, 15) is 27.6 Å². The predicted molar refractivity (Wildman–Crippen MR) is 115 cm³/mol. The molecule has 180 valence electrons. The quantitative estimate of drug-likeness (QED) is 0.612. The third-order valence-electron chi connectivity index (χ3n) is 6.05. The minimum Gasteiger partial charge on any atom is -0.474 e. The Morgan fingerprint density at radius 2 is 1.68 bits per heavy atom. The molecule has 2 aliphatic rings. The van der Waals surface area contributed by atoms with Crippen LogP contribution < -0.4 is 10.1 Å². The summed E-state index contributed by atoms with van der Waals surface area (Å²) in [4.78, 5) is 41.9. The second-order valence-electron chi connectivity index (χ2n) is 8.45. The number of nitrogens with zero attached hydrogens (tertiary/aromatic N) is 2. The van der Waals surface area contributed by atoms with Gasteiger partial charge in [0.1, 0.15) is 6.10 Å². The van der Waals surface area contributed by atoms with E-state index in [1.807, 2.05) is 0 Å². The molecule has 1 saturated carbocycles. The molecule has 7 nitrogen and oxygen atoms in total. The molecular weight excluding hydrogens is 451 g/mol. The van der Waals surface area contributed by atoms with E-state index in [1.165, 1.54) is 11.0 Å². The number of amides is 3. The highest BCUT2D eigenvalue weighted by Crippen LogP contribution is 2.30. The van der Waals surface area contributed by atoms with Crippen LogP contribution >= 0.6 is 0 Å². The van der Waals surface area contributed by atoms with Gasteiger partial charge < -0.3 is 10.1 Å². The number of carbonyl (C=O) groups excluding carboxylic acids is 3. The standard InChI is InChI=1S/C24H24F3N3O4/c25-24(26,27)15-7-12-21(28-14-15)34-17-10-8-16(9-11-17)29-20(31)6-3-13-30-22(32)18-4-1-2-5-19(18)23(30)33/h1-2,4-5,7,12,14,16-17H,3,6,8-11,13H2,(H,29,31). The molecule has 2 aromatic rings. The van der Waals surface area contributed by atoms with Crippen LogP contribution in [0.5, 0.6) is 5.88 Å². The van der Waals surface area contributed by atoms with E-state index in [0.717, 1.165) is 12.3 Å². The van der Waals surface area contributed by atoms with Crippen molar-refractivity contribution in [2.45, 2.75) is 56.8 Å². The molecule has 3 amide bonds. The summed E-state index contributed by atoms with van der Waals surface area (Å²) in [6.45, 7) is 0.181. The van der Waals surface area contributed by atoms with Gasteiger partial charge in [0.25, 0.3) is 11.8 Å². The molecule has 2 heterocycles. The Morgan fingerprint density at radius 1 is 1.03 bits per heavy atom. The van der Waals surface area contributed by atoms with Crippen LogP contribution in [0.25, 0.3) is 0 Å². The van der Waals surface area contributed by atoms with Crippen molar-refractivity contribution < 1.29 is 32.3 Å². The highest BCUT2D eigenvalue weighted by atomic mass is 19.4. The fourth-order valence-electron chi connectivity index (χ4n) is 4.25. The fraction of sp³-hybridized carbons (Fsp3) is 0.417. The minimum absolute atomic E-state index is 0.0211. The van der Waals surface area contributed by atoms with E-state index < -0.39 is 11.7 Å². The number of fused-ring (bicyclic) bond motifs is 1. The maximum atomic E-state index is 12.6. The van der Waals surface area contributed by atoms with Gasteiger partial charge in [0, 0.05) is 31.3 Å². The van der Waals surface area contributed by atoms with Crippen LogP contribution in [0.4, 0.5) is 13.2 Å². The van der Waals surface area contributed by atoms with Crippen LogP contribution in [0.3, 0.4) is 0 Å². The number of hydrogen-bond donors (Lipinski definition) is 1. The van der Waals surface area contributed by atoms with E-state index in [0.29, 0.717) is 43.2 Å². The lowest BCUT2D eigenvalue weighted by Crippen LogP contribution is -2.40. The van der Waals surface area contributed by atoms with Crippen molar-refractivity contribution >= 4 is 17.7 Å². The number of pyridine rings is 1. The fourth-order valence-corrected chi connectivity index (χ4v) is 4.25. The van der Waals surface area contributed by atoms with E-state index in [4.69, 9.17) is 4.74 Å². The first kappa shape index (κ1) is 23.7. The van der Waals surface area contributed by atoms with Crippen molar-refractivity contribution in [3.63, 3.8) is 0 Å². The number of halogens is 3. The number of imide groups is 1. The van der Waals surface area contributed by atoms with E-state index in [-0.39, 0.29) is 48.7 Å². The van der Waals surface area contributed by atoms with Crippen LogP contribution in [-0.2, 0) is 11.0 Å². The van der Waals surface area contributed by atoms with Crippen molar-refractivity contribution in [1.29, 1.82) is 0 Å². The molecule has 0 spiro atoms. The van der Waals surface area contributed by atoms with Crippen LogP contribution in [0.1, 0.15) is 64.8 Å². The second-order valence-corrected chi connectivity index (χ2v) is 8.45. The summed E-state index contributed by atoms with van der Waals surface area (Å²) in [6, 6.07) is 8.79. The number of benzene rings is 1. The third kappa shape index (κ3) is 5.37. The zero-order valence-corrected chi connectivity index (χ0v) is 18.3. The number of ether oxygens (including phenoxy) is 1. The maximum absolute atomic E-state index is 12.6. The van der Waals surface area contributed by atoms with Gasteiger partial charge in [-0.2, -0.15) is 13.2 Å². The van der Waals surface area contributed by atoms with Crippen molar-refractivity contribution in [3.8, 4) is 5.88 Å². The minimum atomic E-state index is -4.44. The number of hydrogen-bond acceptors (Lipinski definition) is 5. The molecule has 10 heteroatoms. The van der Waals surface area contributed by atoms with Crippen molar-refractivity contribution in [2.75, 3.05) is 6.54 Å². The Hall–Kier alpha value is -3.43. The molecule has 0 radical (unpaired) electrons. The van der Waals surface area contributed by atoms with Crippen molar-refractivity contribution in [1.82, 2.24) is 15.2 Å². The van der Waals surface area contributed by atoms with Crippen LogP contribution in [-0.4, -0.2) is 46.3 Å². The smallest absolute Gasteiger partial charge is 0.417 e. The maximum Gasteiger partial charge on any atom is 0.417 e. The first-order chi connectivity index (χ1) is 16.2. The molecule has 0 saturated heterocycles. The Labute approximate surface area is 194 Å². The Morgan fingerprint density at radius 3 is 2.24 bits per heavy atom. The lowest BCUT2D eigenvalue weighted by atomic mass is 9.93. The van der Waals surface area contributed by atoms with Gasteiger partial charge in [0.05, 0.1) is 16.7 Å². The molecule has 1 N–H and O–H groups in total. The zero-order valence-electron chi connectivity index (χ0n) is 18.3. The second kappa shape index (κ2) is 9.82. The molecule has 1 fully saturated rings. The molecular formula is C24H24F3N3O4. The molecule has 1 aliphatic carbocycles. The first-order valence-electron chi connectivity index (χ1n) is 11.2. The number of carbonyl (C=O) groups is 3. The van der Waals surface area contributed by atoms with Crippen LogP contribution in [0, 0.1) is 0 Å². The first-order valence-corrected chi connectivity index (χ1v) is 11.2. The van der Waals surface area contributed by atoms with Gasteiger partial charge in [-0.1, -0.05) is 12.1 Å². The van der Waals surface area contributed by atoms with Crippen LogP contribution in [0.2, 0.25) is 0 Å². The number of aromatic nitrogens is 1. The average Bonchev–Trinajstić information content (AvgIpc) is 3.05. The molecule has 0 atom stereocenters. The van der Waals surface area contributed by atoms with Gasteiger partial charge in [-0.05, 0) is 50.3 Å². The summed E-state index contributed by atoms with van der Waals surface area (Å²) < 4.78 is 43.6. The summed E-state index contributed by atoms with van der Waals surface area (Å²) in [6.07, 6.45) is -0.661. The Kier molecular flexibility index (Phi) is 6.85. The molecule has 0 unspecified atom stereocenters. The molecule has 1 aliphatic heterocycles. The lowest BCUT2D eigenvalue weighted by molar-refractivity contribution is -0.137. The summed E-state index contributed by atoms with van der Waals surface area (Å²) in [5.74, 6) is -0.664. The van der Waals surface area contributed by atoms with Gasteiger partial charge in [0.2, 0.25) is 11.8 Å². The molecule has 4 rings (SSSR count). The van der Waals surface area contributed by atoms with Crippen molar-refractivity contribution in [3.05, 3.63) is 59.3 Å². The number of alkyl halides is 3. The van der Waals surface area contributed by atoms with E-state index in [2.05, 4.69) is 10.3 Å². The monoisotopic (exact) mass is 475 g/mol. The highest BCUT2D eigenvalue weighted by molar-refractivity contribution is 6.21. The van der Waals surface area contributed by atoms with Gasteiger partial charge in [0.15, 0.2) is 0 Å².